The van der Waals surface area contributed by atoms with Crippen molar-refractivity contribution >= 4 is 34.8 Å². The molecule has 1 aliphatic carbocycles. The lowest BCUT2D eigenvalue weighted by molar-refractivity contribution is -0.131. The number of halogens is 1. The quantitative estimate of drug-likeness (QED) is 0.818. The van der Waals surface area contributed by atoms with E-state index < -0.39 is 5.41 Å². The molecule has 3 rings (SSSR count). The molecule has 0 atom stereocenters. The summed E-state index contributed by atoms with van der Waals surface area (Å²) < 4.78 is 0. The monoisotopic (exact) mass is 353 g/mol. The Hall–Kier alpha value is -2.84. The summed E-state index contributed by atoms with van der Waals surface area (Å²) in [7, 11) is 0. The molecule has 0 aliphatic heterocycles. The topological polar surface area (TPSA) is 82.0 Å². The molecule has 1 aliphatic rings. The Balaban J connectivity index is 1.74. The molecule has 6 heteroatoms. The molecular formula is C19H16ClN3O2. The Kier molecular flexibility index (Phi) is 4.47. The van der Waals surface area contributed by atoms with E-state index in [1.807, 2.05) is 19.1 Å². The number of nitrogens with zero attached hydrogens (tertiary/aromatic N) is 1. The van der Waals surface area contributed by atoms with Gasteiger partial charge < -0.3 is 10.6 Å². The normalized spacial score (nSPS) is 14.3. The lowest BCUT2D eigenvalue weighted by Gasteiger charge is -2.16. The number of benzene rings is 2. The van der Waals surface area contributed by atoms with Crippen LogP contribution in [0.4, 0.5) is 11.4 Å². The minimum atomic E-state index is -1.07. The highest BCUT2D eigenvalue weighted by Gasteiger charge is 2.56. The number of nitrogens with one attached hydrogen (secondary N) is 2. The van der Waals surface area contributed by atoms with Gasteiger partial charge in [-0.25, -0.2) is 0 Å². The van der Waals surface area contributed by atoms with Crippen molar-refractivity contribution in [3.05, 3.63) is 58.6 Å². The van der Waals surface area contributed by atoms with E-state index in [0.29, 0.717) is 34.8 Å². The van der Waals surface area contributed by atoms with E-state index in [2.05, 4.69) is 10.6 Å². The first-order valence-electron chi connectivity index (χ1n) is 7.84. The van der Waals surface area contributed by atoms with Crippen LogP contribution in [-0.2, 0) is 9.59 Å². The molecule has 2 N–H and O–H groups in total. The van der Waals surface area contributed by atoms with Crippen LogP contribution in [0.25, 0.3) is 0 Å². The Morgan fingerprint density at radius 1 is 1.12 bits per heavy atom. The zero-order valence-corrected chi connectivity index (χ0v) is 14.4. The first-order valence-corrected chi connectivity index (χ1v) is 8.22. The second kappa shape index (κ2) is 6.58. The molecule has 0 unspecified atom stereocenters. The molecular weight excluding hydrogens is 338 g/mol. The molecule has 5 nitrogen and oxygen atoms in total. The summed E-state index contributed by atoms with van der Waals surface area (Å²) in [5, 5.41) is 15.0. The molecule has 2 aromatic carbocycles. The van der Waals surface area contributed by atoms with Crippen molar-refractivity contribution in [3.63, 3.8) is 0 Å². The fraction of sp³-hybridized carbons (Fsp3) is 0.211. The predicted molar refractivity (Wildman–Crippen MR) is 96.3 cm³/mol. The molecule has 0 saturated heterocycles. The van der Waals surface area contributed by atoms with Crippen LogP contribution in [0.1, 0.15) is 24.0 Å². The molecule has 1 fully saturated rings. The van der Waals surface area contributed by atoms with Crippen LogP contribution in [0.3, 0.4) is 0 Å². The minimum absolute atomic E-state index is 0.341. The number of aryl methyl sites for hydroxylation is 1. The van der Waals surface area contributed by atoms with Gasteiger partial charge in [-0.05, 0) is 55.7 Å². The van der Waals surface area contributed by atoms with Crippen molar-refractivity contribution in [2.24, 2.45) is 5.41 Å². The van der Waals surface area contributed by atoms with Crippen molar-refractivity contribution in [1.29, 1.82) is 5.26 Å². The Morgan fingerprint density at radius 2 is 1.84 bits per heavy atom. The zero-order valence-electron chi connectivity index (χ0n) is 13.6. The van der Waals surface area contributed by atoms with E-state index in [1.54, 1.807) is 36.4 Å². The van der Waals surface area contributed by atoms with Gasteiger partial charge in [-0.2, -0.15) is 5.26 Å². The fourth-order valence-electron chi connectivity index (χ4n) is 2.57. The maximum absolute atomic E-state index is 12.6. The number of carbonyl (C=O) groups is 2. The first kappa shape index (κ1) is 17.0. The summed E-state index contributed by atoms with van der Waals surface area (Å²) in [5.74, 6) is -0.702. The highest BCUT2D eigenvalue weighted by Crippen LogP contribution is 2.47. The summed E-state index contributed by atoms with van der Waals surface area (Å²) in [6.07, 6.45) is 0.977. The van der Waals surface area contributed by atoms with E-state index in [9.17, 15) is 9.59 Å². The van der Waals surface area contributed by atoms with Crippen LogP contribution < -0.4 is 10.6 Å². The molecule has 1 saturated carbocycles. The summed E-state index contributed by atoms with van der Waals surface area (Å²) in [6.45, 7) is 1.86. The average Bonchev–Trinajstić information content (AvgIpc) is 3.40. The van der Waals surface area contributed by atoms with Gasteiger partial charge in [0.05, 0.1) is 11.6 Å². The van der Waals surface area contributed by atoms with E-state index in [4.69, 9.17) is 16.9 Å². The second-order valence-corrected chi connectivity index (χ2v) is 6.58. The highest BCUT2D eigenvalue weighted by molar-refractivity contribution is 6.31. The Bertz CT molecular complexity index is 898. The summed E-state index contributed by atoms with van der Waals surface area (Å²) in [5.41, 5.74) is 1.35. The molecule has 0 heterocycles. The Labute approximate surface area is 150 Å². The van der Waals surface area contributed by atoms with Crippen LogP contribution in [-0.4, -0.2) is 11.8 Å². The molecule has 126 valence electrons. The lowest BCUT2D eigenvalue weighted by Crippen LogP contribution is -2.35. The van der Waals surface area contributed by atoms with Gasteiger partial charge in [0, 0.05) is 16.4 Å². The lowest BCUT2D eigenvalue weighted by atomic mass is 10.0. The summed E-state index contributed by atoms with van der Waals surface area (Å²) in [6, 6.07) is 13.8. The number of rotatable bonds is 4. The largest absolute Gasteiger partial charge is 0.325 e. The Morgan fingerprint density at radius 3 is 2.52 bits per heavy atom. The van der Waals surface area contributed by atoms with Crippen LogP contribution in [0.15, 0.2) is 42.5 Å². The minimum Gasteiger partial charge on any atom is -0.325 e. The predicted octanol–water partition coefficient (Wildman–Crippen LogP) is 3.88. The molecule has 2 amide bonds. The zero-order chi connectivity index (χ0) is 18.0. The van der Waals surface area contributed by atoms with Gasteiger partial charge in [-0.1, -0.05) is 23.7 Å². The van der Waals surface area contributed by atoms with Gasteiger partial charge in [-0.3, -0.25) is 9.59 Å². The van der Waals surface area contributed by atoms with E-state index in [0.717, 1.165) is 5.56 Å². The van der Waals surface area contributed by atoms with Crippen LogP contribution in [0.5, 0.6) is 0 Å². The van der Waals surface area contributed by atoms with Crippen molar-refractivity contribution in [1.82, 2.24) is 0 Å². The summed E-state index contributed by atoms with van der Waals surface area (Å²) >= 11 is 5.97. The van der Waals surface area contributed by atoms with Crippen molar-refractivity contribution in [2.45, 2.75) is 19.8 Å². The number of nitriles is 1. The molecule has 0 spiro atoms. The van der Waals surface area contributed by atoms with Gasteiger partial charge >= 0.3 is 0 Å². The SMILES string of the molecule is Cc1ccc(Cl)cc1NC(=O)C1(C(=O)Nc2cccc(C#N)c2)CC1. The third-order valence-electron chi connectivity index (χ3n) is 4.32. The maximum atomic E-state index is 12.6. The van der Waals surface area contributed by atoms with Crippen LogP contribution in [0.2, 0.25) is 5.02 Å². The van der Waals surface area contributed by atoms with E-state index in [-0.39, 0.29) is 11.8 Å². The third kappa shape index (κ3) is 3.49. The second-order valence-electron chi connectivity index (χ2n) is 6.14. The average molecular weight is 354 g/mol. The first-order chi connectivity index (χ1) is 11.9. The van der Waals surface area contributed by atoms with Crippen LogP contribution in [0, 0.1) is 23.7 Å². The highest BCUT2D eigenvalue weighted by atomic mass is 35.5. The van der Waals surface area contributed by atoms with Crippen molar-refractivity contribution < 1.29 is 9.59 Å². The fourth-order valence-corrected chi connectivity index (χ4v) is 2.74. The van der Waals surface area contributed by atoms with E-state index >= 15 is 0 Å². The van der Waals surface area contributed by atoms with Gasteiger partial charge in [-0.15, -0.1) is 0 Å². The number of carbonyl (C=O) groups excluding carboxylic acids is 2. The number of hydrogen-bond acceptors (Lipinski definition) is 3. The van der Waals surface area contributed by atoms with E-state index in [1.165, 1.54) is 0 Å². The number of anilines is 2. The molecule has 0 aromatic heterocycles. The van der Waals surface area contributed by atoms with Crippen molar-refractivity contribution in [2.75, 3.05) is 10.6 Å². The van der Waals surface area contributed by atoms with Crippen LogP contribution >= 0.6 is 11.6 Å². The summed E-state index contributed by atoms with van der Waals surface area (Å²) in [4.78, 5) is 25.2. The smallest absolute Gasteiger partial charge is 0.240 e. The number of amides is 2. The molecule has 0 bridgehead atoms. The van der Waals surface area contributed by atoms with Gasteiger partial charge in [0.15, 0.2) is 0 Å². The van der Waals surface area contributed by atoms with Gasteiger partial charge in [0.25, 0.3) is 0 Å². The molecule has 0 radical (unpaired) electrons. The maximum Gasteiger partial charge on any atom is 0.240 e. The standard InChI is InChI=1S/C19H16ClN3O2/c1-12-5-6-14(20)10-16(12)23-18(25)19(7-8-19)17(24)22-15-4-2-3-13(9-15)11-21/h2-6,9-10H,7-8H2,1H3,(H,22,24)(H,23,25). The molecule has 25 heavy (non-hydrogen) atoms. The molecule has 2 aromatic rings. The van der Waals surface area contributed by atoms with Gasteiger partial charge in [0.2, 0.25) is 11.8 Å². The third-order valence-corrected chi connectivity index (χ3v) is 4.55. The van der Waals surface area contributed by atoms with Crippen molar-refractivity contribution in [3.8, 4) is 6.07 Å². The van der Waals surface area contributed by atoms with Gasteiger partial charge in [0.1, 0.15) is 5.41 Å². The number of hydrogen-bond donors (Lipinski definition) is 2.